The van der Waals surface area contributed by atoms with Gasteiger partial charge in [-0.25, -0.2) is 8.42 Å². The first kappa shape index (κ1) is 18.9. The van der Waals surface area contributed by atoms with E-state index in [0.29, 0.717) is 12.1 Å². The molecule has 1 N–H and O–H groups in total. The number of nitrogens with one attached hydrogen (secondary N) is 1. The van der Waals surface area contributed by atoms with Crippen LogP contribution < -0.4 is 5.32 Å². The van der Waals surface area contributed by atoms with Crippen LogP contribution in [-0.4, -0.2) is 61.3 Å². The van der Waals surface area contributed by atoms with Crippen molar-refractivity contribution in [3.8, 4) is 0 Å². The second-order valence-corrected chi connectivity index (χ2v) is 9.97. The molecular weight excluding hydrogens is 362 g/mol. The van der Waals surface area contributed by atoms with Crippen molar-refractivity contribution in [2.75, 3.05) is 19.6 Å². The standard InChI is InChI=1S/C20H29N3O3S/c1-15-5-2-3-12-22(15)27(25,26)19-7-4-6-16(13-19)20(24)23-17-8-9-18(23)14-21-11-10-17/h4,6-7,13,15,17-18,21H,2-3,5,8-12,14H2,1H3. The first-order valence-electron chi connectivity index (χ1n) is 10.1. The fraction of sp³-hybridized carbons (Fsp3) is 0.650. The average Bonchev–Trinajstić information content (AvgIpc) is 2.94. The van der Waals surface area contributed by atoms with E-state index in [1.807, 2.05) is 11.8 Å². The highest BCUT2D eigenvalue weighted by atomic mass is 32.2. The SMILES string of the molecule is CC1CCCCN1S(=O)(=O)c1cccc(C(=O)N2C3CCNCC2CC3)c1. The van der Waals surface area contributed by atoms with Gasteiger partial charge < -0.3 is 10.2 Å². The molecule has 3 unspecified atom stereocenters. The van der Waals surface area contributed by atoms with Crippen molar-refractivity contribution in [2.24, 2.45) is 0 Å². The van der Waals surface area contributed by atoms with Crippen molar-refractivity contribution in [1.82, 2.24) is 14.5 Å². The molecule has 1 aromatic rings. The van der Waals surface area contributed by atoms with Crippen molar-refractivity contribution in [2.45, 2.75) is 68.5 Å². The highest BCUT2D eigenvalue weighted by Crippen LogP contribution is 2.31. The summed E-state index contributed by atoms with van der Waals surface area (Å²) in [5.41, 5.74) is 0.486. The van der Waals surface area contributed by atoms with Crippen LogP contribution in [0, 0.1) is 0 Å². The Kier molecular flexibility index (Phi) is 5.27. The van der Waals surface area contributed by atoms with Gasteiger partial charge in [0.15, 0.2) is 0 Å². The molecule has 0 aromatic heterocycles. The number of nitrogens with zero attached hydrogens (tertiary/aromatic N) is 2. The van der Waals surface area contributed by atoms with Crippen molar-refractivity contribution >= 4 is 15.9 Å². The molecule has 1 amide bonds. The summed E-state index contributed by atoms with van der Waals surface area (Å²) in [5, 5.41) is 3.40. The van der Waals surface area contributed by atoms with Crippen LogP contribution in [-0.2, 0) is 10.0 Å². The van der Waals surface area contributed by atoms with Gasteiger partial charge in [0.2, 0.25) is 10.0 Å². The molecule has 2 bridgehead atoms. The van der Waals surface area contributed by atoms with Crippen LogP contribution in [0.3, 0.4) is 0 Å². The van der Waals surface area contributed by atoms with Gasteiger partial charge >= 0.3 is 0 Å². The van der Waals surface area contributed by atoms with E-state index in [-0.39, 0.29) is 28.9 Å². The number of fused-ring (bicyclic) bond motifs is 2. The van der Waals surface area contributed by atoms with Crippen LogP contribution in [0.1, 0.15) is 55.8 Å². The van der Waals surface area contributed by atoms with Gasteiger partial charge in [0.25, 0.3) is 5.91 Å². The molecule has 3 aliphatic heterocycles. The lowest BCUT2D eigenvalue weighted by Crippen LogP contribution is -2.43. The number of hydrogen-bond donors (Lipinski definition) is 1. The fourth-order valence-corrected chi connectivity index (χ4v) is 6.56. The molecule has 3 fully saturated rings. The smallest absolute Gasteiger partial charge is 0.254 e. The minimum Gasteiger partial charge on any atom is -0.331 e. The zero-order valence-electron chi connectivity index (χ0n) is 15.9. The molecule has 6 nitrogen and oxygen atoms in total. The summed E-state index contributed by atoms with van der Waals surface area (Å²) >= 11 is 0. The molecule has 7 heteroatoms. The molecule has 1 aromatic carbocycles. The normalized spacial score (nSPS) is 29.5. The Morgan fingerprint density at radius 3 is 2.74 bits per heavy atom. The Hall–Kier alpha value is -1.44. The van der Waals surface area contributed by atoms with Crippen molar-refractivity contribution in [3.63, 3.8) is 0 Å². The molecule has 4 rings (SSSR count). The Labute approximate surface area is 162 Å². The largest absolute Gasteiger partial charge is 0.331 e. The van der Waals surface area contributed by atoms with Crippen LogP contribution >= 0.6 is 0 Å². The van der Waals surface area contributed by atoms with E-state index in [1.54, 1.807) is 28.6 Å². The maximum atomic E-state index is 13.2. The third-order valence-electron chi connectivity index (χ3n) is 6.32. The van der Waals surface area contributed by atoms with Crippen LogP contribution in [0.5, 0.6) is 0 Å². The Bertz CT molecular complexity index is 796. The predicted octanol–water partition coefficient (Wildman–Crippen LogP) is 2.22. The molecule has 0 radical (unpaired) electrons. The van der Waals surface area contributed by atoms with Crippen LogP contribution in [0.4, 0.5) is 0 Å². The van der Waals surface area contributed by atoms with Gasteiger partial charge in [-0.3, -0.25) is 4.79 Å². The van der Waals surface area contributed by atoms with Gasteiger partial charge in [-0.2, -0.15) is 4.31 Å². The zero-order valence-corrected chi connectivity index (χ0v) is 16.7. The molecular formula is C20H29N3O3S. The number of carbonyl (C=O) groups excluding carboxylic acids is 1. The van der Waals surface area contributed by atoms with E-state index in [0.717, 1.165) is 51.6 Å². The van der Waals surface area contributed by atoms with Gasteiger partial charge in [0.1, 0.15) is 0 Å². The monoisotopic (exact) mass is 391 g/mol. The molecule has 27 heavy (non-hydrogen) atoms. The molecule has 3 aliphatic rings. The lowest BCUT2D eigenvalue weighted by molar-refractivity contribution is 0.0680. The minimum absolute atomic E-state index is 0.00985. The average molecular weight is 392 g/mol. The summed E-state index contributed by atoms with van der Waals surface area (Å²) in [5.74, 6) is -0.0325. The van der Waals surface area contributed by atoms with E-state index < -0.39 is 10.0 Å². The second-order valence-electron chi connectivity index (χ2n) is 8.08. The number of amides is 1. The summed E-state index contributed by atoms with van der Waals surface area (Å²) in [6.45, 7) is 4.29. The quantitative estimate of drug-likeness (QED) is 0.858. The molecule has 3 heterocycles. The molecule has 0 spiro atoms. The van der Waals surface area contributed by atoms with Crippen molar-refractivity contribution in [3.05, 3.63) is 29.8 Å². The summed E-state index contributed by atoms with van der Waals surface area (Å²) < 4.78 is 27.9. The molecule has 148 valence electrons. The van der Waals surface area contributed by atoms with Crippen molar-refractivity contribution in [1.29, 1.82) is 0 Å². The molecule has 0 aliphatic carbocycles. The van der Waals surface area contributed by atoms with E-state index >= 15 is 0 Å². The topological polar surface area (TPSA) is 69.7 Å². The number of piperidine rings is 1. The minimum atomic E-state index is -3.57. The second kappa shape index (κ2) is 7.53. The number of rotatable bonds is 3. The summed E-state index contributed by atoms with van der Waals surface area (Å²) in [6.07, 6.45) is 5.88. The molecule has 0 saturated carbocycles. The van der Waals surface area contributed by atoms with E-state index in [9.17, 15) is 13.2 Å². The van der Waals surface area contributed by atoms with Crippen molar-refractivity contribution < 1.29 is 13.2 Å². The first-order chi connectivity index (χ1) is 13.0. The predicted molar refractivity (Wildman–Crippen MR) is 104 cm³/mol. The Balaban J connectivity index is 1.61. The van der Waals surface area contributed by atoms with E-state index in [1.165, 1.54) is 0 Å². The third-order valence-corrected chi connectivity index (χ3v) is 8.33. The Morgan fingerprint density at radius 2 is 1.93 bits per heavy atom. The highest BCUT2D eigenvalue weighted by Gasteiger charge is 2.39. The number of sulfonamides is 1. The molecule has 3 saturated heterocycles. The van der Waals surface area contributed by atoms with Crippen LogP contribution in [0.25, 0.3) is 0 Å². The van der Waals surface area contributed by atoms with E-state index in [4.69, 9.17) is 0 Å². The van der Waals surface area contributed by atoms with Crippen LogP contribution in [0.15, 0.2) is 29.2 Å². The van der Waals surface area contributed by atoms with Gasteiger partial charge in [-0.1, -0.05) is 12.5 Å². The number of benzene rings is 1. The van der Waals surface area contributed by atoms with Gasteiger partial charge in [-0.15, -0.1) is 0 Å². The number of hydrogen-bond acceptors (Lipinski definition) is 4. The Morgan fingerprint density at radius 1 is 1.11 bits per heavy atom. The maximum absolute atomic E-state index is 13.2. The van der Waals surface area contributed by atoms with Crippen LogP contribution in [0.2, 0.25) is 0 Å². The van der Waals surface area contributed by atoms with Gasteiger partial charge in [-0.05, 0) is 63.8 Å². The summed E-state index contributed by atoms with van der Waals surface area (Å²) in [6, 6.07) is 7.14. The molecule has 3 atom stereocenters. The lowest BCUT2D eigenvalue weighted by Gasteiger charge is -2.32. The highest BCUT2D eigenvalue weighted by molar-refractivity contribution is 7.89. The summed E-state index contributed by atoms with van der Waals surface area (Å²) in [7, 11) is -3.57. The number of carbonyl (C=O) groups is 1. The van der Waals surface area contributed by atoms with E-state index in [2.05, 4.69) is 5.32 Å². The zero-order chi connectivity index (χ0) is 19.0. The van der Waals surface area contributed by atoms with Gasteiger partial charge in [0.05, 0.1) is 4.90 Å². The first-order valence-corrected chi connectivity index (χ1v) is 11.6. The van der Waals surface area contributed by atoms with Gasteiger partial charge in [0, 0.05) is 36.8 Å². The third kappa shape index (κ3) is 3.52. The summed E-state index contributed by atoms with van der Waals surface area (Å²) in [4.78, 5) is 15.5. The lowest BCUT2D eigenvalue weighted by atomic mass is 10.1. The maximum Gasteiger partial charge on any atom is 0.254 e. The fourth-order valence-electron chi connectivity index (χ4n) is 4.82.